The van der Waals surface area contributed by atoms with Crippen LogP contribution in [0.3, 0.4) is 0 Å². The lowest BCUT2D eigenvalue weighted by molar-refractivity contribution is 0.0777. The summed E-state index contributed by atoms with van der Waals surface area (Å²) in [5, 5.41) is 5.22. The molecule has 2 N–H and O–H groups in total. The van der Waals surface area contributed by atoms with Gasteiger partial charge in [-0.25, -0.2) is 13.6 Å². The molecule has 0 unspecified atom stereocenters. The molecule has 1 aliphatic rings. The first kappa shape index (κ1) is 18.6. The van der Waals surface area contributed by atoms with E-state index in [4.69, 9.17) is 5.14 Å². The van der Waals surface area contributed by atoms with Gasteiger partial charge in [-0.3, -0.25) is 4.79 Å². The van der Waals surface area contributed by atoms with Crippen molar-refractivity contribution in [2.45, 2.75) is 31.6 Å². The minimum Gasteiger partial charge on any atom is -0.337 e. The van der Waals surface area contributed by atoms with E-state index in [-0.39, 0.29) is 22.1 Å². The molecule has 0 aromatic heterocycles. The third-order valence-corrected chi connectivity index (χ3v) is 6.11. The van der Waals surface area contributed by atoms with Gasteiger partial charge < -0.3 is 4.90 Å². The number of amides is 1. The number of hydrogen-bond acceptors (Lipinski definition) is 3. The van der Waals surface area contributed by atoms with Crippen LogP contribution in [0.25, 0.3) is 0 Å². The van der Waals surface area contributed by atoms with Crippen LogP contribution in [-0.4, -0.2) is 32.3 Å². The zero-order valence-corrected chi connectivity index (χ0v) is 16.1. The molecular formula is C20H24N2O3S. The second-order valence-corrected chi connectivity index (χ2v) is 9.22. The van der Waals surface area contributed by atoms with Crippen molar-refractivity contribution in [2.75, 3.05) is 13.1 Å². The summed E-state index contributed by atoms with van der Waals surface area (Å²) < 4.78 is 23.3. The van der Waals surface area contributed by atoms with Crippen molar-refractivity contribution in [3.05, 3.63) is 65.2 Å². The number of carbonyl (C=O) groups excluding carboxylic acids is 1. The molecule has 0 spiro atoms. The molecule has 1 heterocycles. The second kappa shape index (κ2) is 6.52. The molecule has 2 aromatic carbocycles. The number of carbonyl (C=O) groups is 1. The molecule has 6 heteroatoms. The smallest absolute Gasteiger partial charge is 0.254 e. The maximum absolute atomic E-state index is 13.1. The van der Waals surface area contributed by atoms with Crippen molar-refractivity contribution >= 4 is 15.9 Å². The second-order valence-electron chi connectivity index (χ2n) is 7.66. The highest BCUT2D eigenvalue weighted by Gasteiger charge is 2.42. The van der Waals surface area contributed by atoms with Gasteiger partial charge in [0.1, 0.15) is 0 Å². The first-order valence-electron chi connectivity index (χ1n) is 8.57. The lowest BCUT2D eigenvalue weighted by atomic mass is 9.78. The molecule has 2 aromatic rings. The van der Waals surface area contributed by atoms with Gasteiger partial charge >= 0.3 is 0 Å². The average Bonchev–Trinajstić information content (AvgIpc) is 2.90. The fraction of sp³-hybridized carbons (Fsp3) is 0.350. The number of nitrogens with two attached hydrogens (primary N) is 1. The first-order chi connectivity index (χ1) is 12.1. The van der Waals surface area contributed by atoms with Crippen molar-refractivity contribution in [1.29, 1.82) is 0 Å². The molecule has 0 radical (unpaired) electrons. The van der Waals surface area contributed by atoms with E-state index in [0.29, 0.717) is 18.7 Å². The predicted octanol–water partition coefficient (Wildman–Crippen LogP) is 2.91. The van der Waals surface area contributed by atoms with Crippen LogP contribution < -0.4 is 5.14 Å². The lowest BCUT2D eigenvalue weighted by Gasteiger charge is -2.25. The summed E-state index contributed by atoms with van der Waals surface area (Å²) in [4.78, 5) is 14.9. The summed E-state index contributed by atoms with van der Waals surface area (Å²) in [6.45, 7) is 7.34. The molecule has 1 fully saturated rings. The van der Waals surface area contributed by atoms with Crippen LogP contribution in [0.5, 0.6) is 0 Å². The van der Waals surface area contributed by atoms with E-state index in [2.05, 4.69) is 26.0 Å². The van der Waals surface area contributed by atoms with Crippen LogP contribution >= 0.6 is 0 Å². The van der Waals surface area contributed by atoms with Crippen molar-refractivity contribution in [2.24, 2.45) is 10.6 Å². The van der Waals surface area contributed by atoms with E-state index in [1.54, 1.807) is 13.0 Å². The number of likely N-dealkylation sites (tertiary alicyclic amines) is 1. The average molecular weight is 372 g/mol. The van der Waals surface area contributed by atoms with Gasteiger partial charge in [-0.1, -0.05) is 50.2 Å². The Labute approximate surface area is 154 Å². The van der Waals surface area contributed by atoms with Crippen LogP contribution in [0.1, 0.15) is 41.3 Å². The molecule has 0 aliphatic carbocycles. The van der Waals surface area contributed by atoms with Crippen LogP contribution in [0.2, 0.25) is 0 Å². The minimum atomic E-state index is -3.85. The van der Waals surface area contributed by atoms with E-state index >= 15 is 0 Å². The SMILES string of the molecule is Cc1ccc(S(N)(=O)=O)cc1C(=O)N1C[C@@H](c2ccccc2)C(C)(C)C1. The van der Waals surface area contributed by atoms with Crippen LogP contribution in [0.4, 0.5) is 0 Å². The Bertz CT molecular complexity index is 937. The van der Waals surface area contributed by atoms with Crippen molar-refractivity contribution in [1.82, 2.24) is 4.90 Å². The van der Waals surface area contributed by atoms with Gasteiger partial charge in [0, 0.05) is 24.6 Å². The molecule has 1 aliphatic heterocycles. The number of rotatable bonds is 3. The number of benzene rings is 2. The summed E-state index contributed by atoms with van der Waals surface area (Å²) in [6.07, 6.45) is 0. The molecule has 5 nitrogen and oxygen atoms in total. The zero-order chi connectivity index (χ0) is 19.1. The first-order valence-corrected chi connectivity index (χ1v) is 10.1. The lowest BCUT2D eigenvalue weighted by Crippen LogP contribution is -2.31. The number of sulfonamides is 1. The maximum Gasteiger partial charge on any atom is 0.254 e. The Hall–Kier alpha value is -2.18. The molecule has 26 heavy (non-hydrogen) atoms. The van der Waals surface area contributed by atoms with Crippen molar-refractivity contribution in [3.63, 3.8) is 0 Å². The van der Waals surface area contributed by atoms with Gasteiger partial charge in [0.2, 0.25) is 10.0 Å². The van der Waals surface area contributed by atoms with Gasteiger partial charge in [0.05, 0.1) is 4.90 Å². The van der Waals surface area contributed by atoms with Gasteiger partial charge in [-0.2, -0.15) is 0 Å². The summed E-state index contributed by atoms with van der Waals surface area (Å²) in [5.41, 5.74) is 2.27. The highest BCUT2D eigenvalue weighted by Crippen LogP contribution is 2.42. The molecular weight excluding hydrogens is 348 g/mol. The summed E-state index contributed by atoms with van der Waals surface area (Å²) in [7, 11) is -3.85. The maximum atomic E-state index is 13.1. The molecule has 138 valence electrons. The molecule has 1 saturated heterocycles. The largest absolute Gasteiger partial charge is 0.337 e. The van der Waals surface area contributed by atoms with Crippen molar-refractivity contribution < 1.29 is 13.2 Å². The molecule has 3 rings (SSSR count). The van der Waals surface area contributed by atoms with E-state index in [0.717, 1.165) is 5.56 Å². The van der Waals surface area contributed by atoms with E-state index in [1.807, 2.05) is 23.1 Å². The van der Waals surface area contributed by atoms with E-state index in [9.17, 15) is 13.2 Å². The molecule has 1 atom stereocenters. The molecule has 0 bridgehead atoms. The summed E-state index contributed by atoms with van der Waals surface area (Å²) in [5.74, 6) is 0.0777. The van der Waals surface area contributed by atoms with Gasteiger partial charge in [-0.05, 0) is 35.6 Å². The number of hydrogen-bond donors (Lipinski definition) is 1. The standard InChI is InChI=1S/C20H24N2O3S/c1-14-9-10-16(26(21,24)25)11-17(14)19(23)22-12-18(20(2,3)13-22)15-7-5-4-6-8-15/h4-11,18H,12-13H2,1-3H3,(H2,21,24,25)/t18-/m0/s1. The third kappa shape index (κ3) is 3.52. The molecule has 0 saturated carbocycles. The topological polar surface area (TPSA) is 80.5 Å². The summed E-state index contributed by atoms with van der Waals surface area (Å²) >= 11 is 0. The number of nitrogens with zero attached hydrogens (tertiary/aromatic N) is 1. The van der Waals surface area contributed by atoms with Crippen molar-refractivity contribution in [3.8, 4) is 0 Å². The predicted molar refractivity (Wildman–Crippen MR) is 101 cm³/mol. The number of primary sulfonamides is 1. The molecule has 1 amide bonds. The fourth-order valence-corrected chi connectivity index (χ4v) is 4.25. The Morgan fingerprint density at radius 1 is 1.15 bits per heavy atom. The Kier molecular flexibility index (Phi) is 4.67. The normalized spacial score (nSPS) is 19.5. The fourth-order valence-electron chi connectivity index (χ4n) is 3.71. The monoisotopic (exact) mass is 372 g/mol. The number of aryl methyl sites for hydroxylation is 1. The van der Waals surface area contributed by atoms with Crippen LogP contribution in [0.15, 0.2) is 53.4 Å². The Morgan fingerprint density at radius 2 is 1.81 bits per heavy atom. The van der Waals surface area contributed by atoms with E-state index < -0.39 is 10.0 Å². The third-order valence-electron chi connectivity index (χ3n) is 5.20. The highest BCUT2D eigenvalue weighted by atomic mass is 32.2. The minimum absolute atomic E-state index is 0.0375. The zero-order valence-electron chi connectivity index (χ0n) is 15.3. The van der Waals surface area contributed by atoms with Crippen LogP contribution in [-0.2, 0) is 10.0 Å². The summed E-state index contributed by atoms with van der Waals surface area (Å²) in [6, 6.07) is 14.6. The quantitative estimate of drug-likeness (QED) is 0.899. The van der Waals surface area contributed by atoms with E-state index in [1.165, 1.54) is 17.7 Å². The highest BCUT2D eigenvalue weighted by molar-refractivity contribution is 7.89. The Balaban J connectivity index is 1.92. The van der Waals surface area contributed by atoms with Gasteiger partial charge in [0.25, 0.3) is 5.91 Å². The van der Waals surface area contributed by atoms with Crippen LogP contribution in [0, 0.1) is 12.3 Å². The Morgan fingerprint density at radius 3 is 2.42 bits per heavy atom. The van der Waals surface area contributed by atoms with Gasteiger partial charge in [0.15, 0.2) is 0 Å². The van der Waals surface area contributed by atoms with Gasteiger partial charge in [-0.15, -0.1) is 0 Å².